The second kappa shape index (κ2) is 9.17. The van der Waals surface area contributed by atoms with Crippen LogP contribution in [0.4, 0.5) is 4.79 Å². The molecule has 0 amide bonds. The first-order chi connectivity index (χ1) is 1.73. The Hall–Kier alpha value is 0.647. The summed E-state index contributed by atoms with van der Waals surface area (Å²) in [6.45, 7) is 0. The summed E-state index contributed by atoms with van der Waals surface area (Å²) < 4.78 is 0. The van der Waals surface area contributed by atoms with Crippen LogP contribution >= 0.6 is 0 Å². The zero-order chi connectivity index (χ0) is 3.58. The molecule has 0 rings (SSSR count). The van der Waals surface area contributed by atoms with E-state index in [0.29, 0.717) is 0 Å². The fourth-order valence-corrected chi connectivity index (χ4v) is 0. The standard InChI is InChI=1S/CH2O3.2Mo/c2-1(3)4;;/h(H2,2,3,4);;. The molecule has 3 nitrogen and oxygen atoms in total. The van der Waals surface area contributed by atoms with E-state index in [0.717, 1.165) is 0 Å². The van der Waals surface area contributed by atoms with Crippen LogP contribution in [0.15, 0.2) is 0 Å². The molecule has 0 saturated carbocycles. The molecule has 0 aliphatic rings. The van der Waals surface area contributed by atoms with Crippen molar-refractivity contribution in [1.29, 1.82) is 0 Å². The van der Waals surface area contributed by atoms with Crippen LogP contribution in [0.25, 0.3) is 0 Å². The quantitative estimate of drug-likeness (QED) is 0.608. The Morgan fingerprint density at radius 3 is 1.17 bits per heavy atom. The second-order valence-electron chi connectivity index (χ2n) is 0.283. The van der Waals surface area contributed by atoms with Crippen LogP contribution in [0.1, 0.15) is 0 Å². The first-order valence-electron chi connectivity index (χ1n) is 0.651. The predicted molar refractivity (Wildman–Crippen MR) is 10.7 cm³/mol. The molecule has 0 unspecified atom stereocenters. The molecule has 0 spiro atoms. The number of rotatable bonds is 0. The minimum Gasteiger partial charge on any atom is -0.450 e. The molecule has 0 saturated heterocycles. The number of hydrogen-bond acceptors (Lipinski definition) is 1. The van der Waals surface area contributed by atoms with Gasteiger partial charge in [-0.05, 0) is 0 Å². The molecule has 0 aromatic heterocycles. The van der Waals surface area contributed by atoms with Gasteiger partial charge in [-0.2, -0.15) is 0 Å². The summed E-state index contributed by atoms with van der Waals surface area (Å²) in [5.74, 6) is 0. The summed E-state index contributed by atoms with van der Waals surface area (Å²) >= 11 is 0. The zero-order valence-corrected chi connectivity index (χ0v) is 6.63. The fraction of sp³-hybridized carbons (Fsp3) is 0. The van der Waals surface area contributed by atoms with E-state index >= 15 is 0 Å². The van der Waals surface area contributed by atoms with Crippen LogP contribution in [0.2, 0.25) is 0 Å². The molecular weight excluding hydrogens is 252 g/mol. The van der Waals surface area contributed by atoms with Gasteiger partial charge in [0, 0.05) is 42.1 Å². The summed E-state index contributed by atoms with van der Waals surface area (Å²) in [5.41, 5.74) is 0. The Kier molecular flexibility index (Phi) is 24.4. The first-order valence-corrected chi connectivity index (χ1v) is 0.651. The van der Waals surface area contributed by atoms with Crippen LogP contribution in [-0.4, -0.2) is 16.4 Å². The Labute approximate surface area is 63.3 Å². The summed E-state index contributed by atoms with van der Waals surface area (Å²) in [6.07, 6.45) is -1.83. The topological polar surface area (TPSA) is 57.5 Å². The van der Waals surface area contributed by atoms with Crippen molar-refractivity contribution in [2.45, 2.75) is 0 Å². The average Bonchev–Trinajstić information content (AvgIpc) is 0.811. The van der Waals surface area contributed by atoms with Crippen molar-refractivity contribution in [3.63, 3.8) is 0 Å². The van der Waals surface area contributed by atoms with Crippen LogP contribution in [0, 0.1) is 0 Å². The SMILES string of the molecule is O=C(O)O.[Mo].[Mo]. The van der Waals surface area contributed by atoms with Crippen molar-refractivity contribution in [2.24, 2.45) is 0 Å². The smallest absolute Gasteiger partial charge is 0.450 e. The summed E-state index contributed by atoms with van der Waals surface area (Å²) in [4.78, 5) is 8.56. The van der Waals surface area contributed by atoms with E-state index in [-0.39, 0.29) is 42.1 Å². The van der Waals surface area contributed by atoms with Crippen LogP contribution in [0.5, 0.6) is 0 Å². The maximum absolute atomic E-state index is 8.56. The minimum absolute atomic E-state index is 0. The van der Waals surface area contributed by atoms with Gasteiger partial charge in [0.2, 0.25) is 0 Å². The second-order valence-corrected chi connectivity index (χ2v) is 0.283. The van der Waals surface area contributed by atoms with Gasteiger partial charge in [-0.1, -0.05) is 0 Å². The fourth-order valence-electron chi connectivity index (χ4n) is 0. The first kappa shape index (κ1) is 15.9. The molecule has 0 aliphatic carbocycles. The molecule has 0 heterocycles. The van der Waals surface area contributed by atoms with Gasteiger partial charge >= 0.3 is 6.16 Å². The molecular formula is CH2Mo2O3. The van der Waals surface area contributed by atoms with E-state index in [4.69, 9.17) is 15.0 Å². The van der Waals surface area contributed by atoms with Gasteiger partial charge in [-0.15, -0.1) is 0 Å². The Morgan fingerprint density at radius 2 is 1.17 bits per heavy atom. The van der Waals surface area contributed by atoms with Gasteiger partial charge < -0.3 is 10.2 Å². The summed E-state index contributed by atoms with van der Waals surface area (Å²) in [6, 6.07) is 0. The van der Waals surface area contributed by atoms with E-state index in [1.165, 1.54) is 0 Å². The van der Waals surface area contributed by atoms with E-state index < -0.39 is 6.16 Å². The largest absolute Gasteiger partial charge is 0.503 e. The maximum Gasteiger partial charge on any atom is 0.503 e. The molecule has 0 aromatic rings. The maximum atomic E-state index is 8.56. The number of hydrogen-bond donors (Lipinski definition) is 2. The molecule has 0 aromatic carbocycles. The van der Waals surface area contributed by atoms with Crippen molar-refractivity contribution < 1.29 is 57.1 Å². The van der Waals surface area contributed by atoms with Crippen LogP contribution < -0.4 is 0 Å². The van der Waals surface area contributed by atoms with Gasteiger partial charge in [0.1, 0.15) is 0 Å². The summed E-state index contributed by atoms with van der Waals surface area (Å²) in [5, 5.41) is 13.9. The third-order valence-electron chi connectivity index (χ3n) is 0. The van der Waals surface area contributed by atoms with E-state index in [9.17, 15) is 0 Å². The molecule has 5 heteroatoms. The minimum atomic E-state index is -1.83. The zero-order valence-electron chi connectivity index (χ0n) is 2.62. The van der Waals surface area contributed by atoms with Crippen molar-refractivity contribution >= 4 is 6.16 Å². The molecule has 0 fully saturated rings. The third-order valence-corrected chi connectivity index (χ3v) is 0. The number of carbonyl (C=O) groups is 1. The average molecular weight is 254 g/mol. The van der Waals surface area contributed by atoms with Crippen LogP contribution in [0.3, 0.4) is 0 Å². The van der Waals surface area contributed by atoms with Crippen molar-refractivity contribution in [1.82, 2.24) is 0 Å². The summed E-state index contributed by atoms with van der Waals surface area (Å²) in [7, 11) is 0. The van der Waals surface area contributed by atoms with E-state index in [2.05, 4.69) is 0 Å². The molecule has 2 N–H and O–H groups in total. The molecule has 0 radical (unpaired) electrons. The van der Waals surface area contributed by atoms with Gasteiger partial charge in [-0.3, -0.25) is 0 Å². The van der Waals surface area contributed by atoms with Crippen molar-refractivity contribution in [3.8, 4) is 0 Å². The molecule has 0 aliphatic heterocycles. The number of carboxylic acid groups (broad SMARTS) is 2. The molecule has 36 valence electrons. The van der Waals surface area contributed by atoms with Crippen molar-refractivity contribution in [2.75, 3.05) is 0 Å². The molecule has 0 bridgehead atoms. The molecule has 6 heavy (non-hydrogen) atoms. The normalized spacial score (nSPS) is 4.00. The van der Waals surface area contributed by atoms with E-state index in [1.807, 2.05) is 0 Å². The monoisotopic (exact) mass is 258 g/mol. The van der Waals surface area contributed by atoms with Gasteiger partial charge in [0.15, 0.2) is 0 Å². The Balaban J connectivity index is -0.0000000450. The predicted octanol–water partition coefficient (Wildman–Crippen LogP) is 0.217. The van der Waals surface area contributed by atoms with Crippen LogP contribution in [-0.2, 0) is 42.1 Å². The molecule has 0 atom stereocenters. The van der Waals surface area contributed by atoms with Crippen molar-refractivity contribution in [3.05, 3.63) is 0 Å². The van der Waals surface area contributed by atoms with Gasteiger partial charge in [0.05, 0.1) is 0 Å². The Morgan fingerprint density at radius 1 is 1.17 bits per heavy atom. The van der Waals surface area contributed by atoms with Gasteiger partial charge in [-0.25, -0.2) is 4.79 Å². The van der Waals surface area contributed by atoms with E-state index in [1.54, 1.807) is 0 Å². The Bertz CT molecular complexity index is 31.8. The van der Waals surface area contributed by atoms with Gasteiger partial charge in [0.25, 0.3) is 0 Å². The third kappa shape index (κ3) is 148.